The zero-order chi connectivity index (χ0) is 24.6. The molecule has 6 nitrogen and oxygen atoms in total. The van der Waals surface area contributed by atoms with Crippen LogP contribution in [0, 0.1) is 0 Å². The molecule has 0 fully saturated rings. The van der Waals surface area contributed by atoms with Crippen molar-refractivity contribution in [3.8, 4) is 23.0 Å². The minimum absolute atomic E-state index is 0.106. The van der Waals surface area contributed by atoms with Gasteiger partial charge >= 0.3 is 0 Å². The zero-order valence-corrected chi connectivity index (χ0v) is 21.2. The number of carbonyl (C=O) groups excluding carboxylic acids is 1. The van der Waals surface area contributed by atoms with Crippen molar-refractivity contribution in [1.82, 2.24) is 4.90 Å². The number of benzene rings is 3. The van der Waals surface area contributed by atoms with Gasteiger partial charge < -0.3 is 23.8 Å². The number of nitrogens with zero attached hydrogens (tertiary/aromatic N) is 1. The maximum absolute atomic E-state index is 13.4. The van der Waals surface area contributed by atoms with E-state index in [2.05, 4.69) is 12.1 Å². The molecule has 1 aliphatic heterocycles. The first-order valence-corrected chi connectivity index (χ1v) is 12.7. The number of carbonyl (C=O) groups is 1. The molecule has 1 heterocycles. The summed E-state index contributed by atoms with van der Waals surface area (Å²) in [5.41, 5.74) is 3.39. The van der Waals surface area contributed by atoms with Crippen LogP contribution in [0.4, 0.5) is 0 Å². The fraction of sp³-hybridized carbons (Fsp3) is 0.321. The molecule has 1 amide bonds. The third kappa shape index (κ3) is 6.03. The van der Waals surface area contributed by atoms with Gasteiger partial charge in [0.05, 0.1) is 33.1 Å². The average molecular weight is 494 g/mol. The largest absolute Gasteiger partial charge is 0.497 e. The van der Waals surface area contributed by atoms with Crippen molar-refractivity contribution in [3.63, 3.8) is 0 Å². The van der Waals surface area contributed by atoms with E-state index in [0.29, 0.717) is 30.4 Å². The molecule has 1 atom stereocenters. The molecular formula is C28H31NO5S. The number of thioether (sulfide) groups is 1. The second-order valence-corrected chi connectivity index (χ2v) is 9.21. The Balaban J connectivity index is 1.53. The lowest BCUT2D eigenvalue weighted by Gasteiger charge is -2.37. The topological polar surface area (TPSA) is 57.2 Å². The Hall–Kier alpha value is -3.32. The fourth-order valence-electron chi connectivity index (χ4n) is 4.27. The summed E-state index contributed by atoms with van der Waals surface area (Å²) < 4.78 is 22.5. The minimum Gasteiger partial charge on any atom is -0.497 e. The molecule has 3 aromatic rings. The summed E-state index contributed by atoms with van der Waals surface area (Å²) in [6.45, 7) is 0.966. The predicted molar refractivity (Wildman–Crippen MR) is 139 cm³/mol. The van der Waals surface area contributed by atoms with Crippen LogP contribution in [0.5, 0.6) is 23.0 Å². The highest BCUT2D eigenvalue weighted by molar-refractivity contribution is 7.99. The molecule has 0 aromatic heterocycles. The highest BCUT2D eigenvalue weighted by Gasteiger charge is 2.32. The lowest BCUT2D eigenvalue weighted by atomic mass is 9.92. The van der Waals surface area contributed by atoms with E-state index in [1.54, 1.807) is 33.1 Å². The normalized spacial score (nSPS) is 14.7. The van der Waals surface area contributed by atoms with E-state index < -0.39 is 0 Å². The standard InChI is InChI=1S/C28H31NO5S/c1-31-22-9-11-23(12-10-22)34-17-25-24-16-27(33-3)26(32-2)15-21(24)13-14-29(25)28(30)19-35-18-20-7-5-4-6-8-20/h4-12,15-16,25H,13-14,17-19H2,1-3H3. The van der Waals surface area contributed by atoms with Gasteiger partial charge in [-0.15, -0.1) is 11.8 Å². The summed E-state index contributed by atoms with van der Waals surface area (Å²) in [6, 6.07) is 21.4. The fourth-order valence-corrected chi connectivity index (χ4v) is 5.14. The molecule has 0 aliphatic carbocycles. The van der Waals surface area contributed by atoms with Crippen molar-refractivity contribution < 1.29 is 23.7 Å². The summed E-state index contributed by atoms with van der Waals surface area (Å²) in [7, 11) is 4.89. The Kier molecular flexibility index (Phi) is 8.42. The van der Waals surface area contributed by atoms with Gasteiger partial charge in [0.2, 0.25) is 5.91 Å². The summed E-state index contributed by atoms with van der Waals surface area (Å²) in [5, 5.41) is 0. The molecule has 0 saturated carbocycles. The second kappa shape index (κ2) is 11.9. The highest BCUT2D eigenvalue weighted by atomic mass is 32.2. The number of hydrogen-bond donors (Lipinski definition) is 0. The first kappa shape index (κ1) is 24.8. The second-order valence-electron chi connectivity index (χ2n) is 8.22. The molecule has 0 bridgehead atoms. The van der Waals surface area contributed by atoms with E-state index in [1.165, 1.54) is 5.56 Å². The first-order chi connectivity index (χ1) is 17.1. The third-order valence-corrected chi connectivity index (χ3v) is 7.12. The maximum atomic E-state index is 13.4. The Morgan fingerprint density at radius 3 is 2.29 bits per heavy atom. The van der Waals surface area contributed by atoms with Crippen molar-refractivity contribution in [2.45, 2.75) is 18.2 Å². The van der Waals surface area contributed by atoms with Gasteiger partial charge in [-0.1, -0.05) is 30.3 Å². The molecule has 0 N–H and O–H groups in total. The van der Waals surface area contributed by atoms with Crippen LogP contribution in [0.3, 0.4) is 0 Å². The lowest BCUT2D eigenvalue weighted by Crippen LogP contribution is -2.43. The number of fused-ring (bicyclic) bond motifs is 1. The average Bonchev–Trinajstić information content (AvgIpc) is 2.91. The quantitative estimate of drug-likeness (QED) is 0.389. The Morgan fingerprint density at radius 1 is 0.914 bits per heavy atom. The molecule has 3 aromatic carbocycles. The number of amides is 1. The Labute approximate surface area is 211 Å². The van der Waals surface area contributed by atoms with Crippen LogP contribution in [-0.2, 0) is 17.0 Å². The van der Waals surface area contributed by atoms with E-state index in [-0.39, 0.29) is 11.9 Å². The monoisotopic (exact) mass is 493 g/mol. The van der Waals surface area contributed by atoms with Crippen LogP contribution >= 0.6 is 11.8 Å². The number of hydrogen-bond acceptors (Lipinski definition) is 6. The van der Waals surface area contributed by atoms with Crippen molar-refractivity contribution in [2.75, 3.05) is 40.2 Å². The zero-order valence-electron chi connectivity index (χ0n) is 20.4. The van der Waals surface area contributed by atoms with Crippen molar-refractivity contribution in [1.29, 1.82) is 0 Å². The van der Waals surface area contributed by atoms with Gasteiger partial charge in [0.1, 0.15) is 18.1 Å². The van der Waals surface area contributed by atoms with Crippen LogP contribution in [0.15, 0.2) is 66.7 Å². The van der Waals surface area contributed by atoms with Gasteiger partial charge in [0, 0.05) is 12.3 Å². The van der Waals surface area contributed by atoms with Gasteiger partial charge in [0.15, 0.2) is 11.5 Å². The van der Waals surface area contributed by atoms with Crippen molar-refractivity contribution >= 4 is 17.7 Å². The molecule has 0 radical (unpaired) electrons. The maximum Gasteiger partial charge on any atom is 0.233 e. The van der Waals surface area contributed by atoms with E-state index in [4.69, 9.17) is 18.9 Å². The number of rotatable bonds is 10. The lowest BCUT2D eigenvalue weighted by molar-refractivity contribution is -0.132. The summed E-state index contributed by atoms with van der Waals surface area (Å²) in [5.74, 6) is 4.15. The molecule has 4 rings (SSSR count). The van der Waals surface area contributed by atoms with E-state index in [9.17, 15) is 4.79 Å². The van der Waals surface area contributed by atoms with Gasteiger partial charge in [0.25, 0.3) is 0 Å². The molecule has 0 saturated heterocycles. The van der Waals surface area contributed by atoms with Crippen LogP contribution in [0.25, 0.3) is 0 Å². The molecule has 35 heavy (non-hydrogen) atoms. The minimum atomic E-state index is -0.231. The van der Waals surface area contributed by atoms with E-state index in [1.807, 2.05) is 59.5 Å². The molecule has 7 heteroatoms. The summed E-state index contributed by atoms with van der Waals surface area (Å²) in [6.07, 6.45) is 0.754. The number of ether oxygens (including phenoxy) is 4. The Morgan fingerprint density at radius 2 is 1.60 bits per heavy atom. The molecule has 1 aliphatic rings. The van der Waals surface area contributed by atoms with Crippen molar-refractivity contribution in [3.05, 3.63) is 83.4 Å². The van der Waals surface area contributed by atoms with Gasteiger partial charge in [-0.3, -0.25) is 4.79 Å². The molecule has 184 valence electrons. The van der Waals surface area contributed by atoms with Crippen LogP contribution in [-0.4, -0.2) is 51.0 Å². The first-order valence-electron chi connectivity index (χ1n) is 11.6. The molecule has 0 spiro atoms. The number of methoxy groups -OCH3 is 3. The van der Waals surface area contributed by atoms with E-state index >= 15 is 0 Å². The molecule has 1 unspecified atom stereocenters. The van der Waals surface area contributed by atoms with Crippen molar-refractivity contribution in [2.24, 2.45) is 0 Å². The van der Waals surface area contributed by atoms with Gasteiger partial charge in [-0.05, 0) is 59.5 Å². The Bertz CT molecular complexity index is 1120. The highest BCUT2D eigenvalue weighted by Crippen LogP contribution is 2.38. The van der Waals surface area contributed by atoms with E-state index in [0.717, 1.165) is 34.8 Å². The van der Waals surface area contributed by atoms with Gasteiger partial charge in [-0.25, -0.2) is 0 Å². The summed E-state index contributed by atoms with van der Waals surface area (Å²) in [4.78, 5) is 15.3. The SMILES string of the molecule is COc1ccc(OCC2c3cc(OC)c(OC)cc3CCN2C(=O)CSCc2ccccc2)cc1. The third-order valence-electron chi connectivity index (χ3n) is 6.13. The van der Waals surface area contributed by atoms with Crippen LogP contribution in [0.1, 0.15) is 22.7 Å². The molecular weight excluding hydrogens is 462 g/mol. The summed E-state index contributed by atoms with van der Waals surface area (Å²) >= 11 is 1.63. The van der Waals surface area contributed by atoms with Gasteiger partial charge in [-0.2, -0.15) is 0 Å². The smallest absolute Gasteiger partial charge is 0.233 e. The predicted octanol–water partition coefficient (Wildman–Crippen LogP) is 5.15. The van der Waals surface area contributed by atoms with Crippen LogP contribution in [0.2, 0.25) is 0 Å². The van der Waals surface area contributed by atoms with Crippen LogP contribution < -0.4 is 18.9 Å².